The van der Waals surface area contributed by atoms with E-state index in [0.29, 0.717) is 38.3 Å². The van der Waals surface area contributed by atoms with Crippen molar-refractivity contribution >= 4 is 21.6 Å². The molecule has 10 nitrogen and oxygen atoms in total. The summed E-state index contributed by atoms with van der Waals surface area (Å²) in [5.41, 5.74) is 0.468. The third-order valence-electron chi connectivity index (χ3n) is 5.43. The first-order valence-corrected chi connectivity index (χ1v) is 12.0. The van der Waals surface area contributed by atoms with E-state index in [1.165, 1.54) is 33.2 Å². The van der Waals surface area contributed by atoms with Gasteiger partial charge in [-0.3, -0.25) is 14.8 Å². The van der Waals surface area contributed by atoms with Crippen molar-refractivity contribution in [2.24, 2.45) is 0 Å². The number of rotatable bonds is 6. The first-order chi connectivity index (χ1) is 15.8. The number of halogens is 1. The molecule has 0 aliphatic carbocycles. The Kier molecular flexibility index (Phi) is 6.58. The maximum atomic E-state index is 13.2. The molecule has 12 heteroatoms. The molecule has 4 rings (SSSR count). The van der Waals surface area contributed by atoms with Crippen LogP contribution in [0.2, 0.25) is 0 Å². The fourth-order valence-electron chi connectivity index (χ4n) is 3.80. The van der Waals surface area contributed by atoms with E-state index in [-0.39, 0.29) is 34.8 Å². The van der Waals surface area contributed by atoms with Crippen LogP contribution in [0.3, 0.4) is 0 Å². The molecule has 1 aliphatic rings. The van der Waals surface area contributed by atoms with Crippen LogP contribution in [0.25, 0.3) is 5.65 Å². The summed E-state index contributed by atoms with van der Waals surface area (Å²) in [6, 6.07) is 6.16. The SMILES string of the molecule is CCOC(=O)c1c[nH]n2c(=O)cc(CN3CCCN(S(=O)(=O)c4ccc(F)cc4)CC3)nc12. The Morgan fingerprint density at radius 3 is 2.67 bits per heavy atom. The van der Waals surface area contributed by atoms with Gasteiger partial charge in [0.05, 0.1) is 17.2 Å². The molecule has 3 aromatic rings. The lowest BCUT2D eigenvalue weighted by atomic mass is 10.3. The number of esters is 1. The number of carbonyl (C=O) groups is 1. The summed E-state index contributed by atoms with van der Waals surface area (Å²) in [6.07, 6.45) is 1.97. The van der Waals surface area contributed by atoms with Gasteiger partial charge in [0.15, 0.2) is 5.65 Å². The number of aromatic nitrogens is 3. The molecule has 0 unspecified atom stereocenters. The van der Waals surface area contributed by atoms with Crippen LogP contribution in [-0.2, 0) is 21.3 Å². The van der Waals surface area contributed by atoms with Gasteiger partial charge < -0.3 is 4.74 Å². The summed E-state index contributed by atoms with van der Waals surface area (Å²) in [5.74, 6) is -1.07. The molecule has 1 aromatic carbocycles. The third kappa shape index (κ3) is 4.82. The number of sulfonamides is 1. The van der Waals surface area contributed by atoms with Crippen molar-refractivity contribution in [1.82, 2.24) is 23.8 Å². The molecule has 0 saturated carbocycles. The largest absolute Gasteiger partial charge is 0.462 e. The van der Waals surface area contributed by atoms with Crippen molar-refractivity contribution in [3.05, 3.63) is 64.0 Å². The van der Waals surface area contributed by atoms with Gasteiger partial charge >= 0.3 is 5.97 Å². The van der Waals surface area contributed by atoms with Crippen LogP contribution < -0.4 is 5.56 Å². The minimum atomic E-state index is -3.73. The van der Waals surface area contributed by atoms with Crippen molar-refractivity contribution in [3.63, 3.8) is 0 Å². The average Bonchev–Trinajstić information content (AvgIpc) is 3.06. The van der Waals surface area contributed by atoms with Crippen LogP contribution in [0.1, 0.15) is 29.4 Å². The molecular formula is C21H24FN5O5S. The van der Waals surface area contributed by atoms with Crippen LogP contribution >= 0.6 is 0 Å². The van der Waals surface area contributed by atoms with E-state index in [9.17, 15) is 22.4 Å². The lowest BCUT2D eigenvalue weighted by Gasteiger charge is -2.21. The molecule has 1 N–H and O–H groups in total. The quantitative estimate of drug-likeness (QED) is 0.531. The second-order valence-electron chi connectivity index (χ2n) is 7.64. The zero-order valence-electron chi connectivity index (χ0n) is 18.0. The highest BCUT2D eigenvalue weighted by atomic mass is 32.2. The molecule has 0 amide bonds. The van der Waals surface area contributed by atoms with E-state index in [1.807, 2.05) is 4.90 Å². The summed E-state index contributed by atoms with van der Waals surface area (Å²) in [5, 5.41) is 2.71. The number of benzene rings is 1. The number of hydrogen-bond acceptors (Lipinski definition) is 7. The maximum absolute atomic E-state index is 13.2. The number of aromatic amines is 1. The normalized spacial score (nSPS) is 16.1. The Morgan fingerprint density at radius 2 is 1.94 bits per heavy atom. The van der Waals surface area contributed by atoms with Gasteiger partial charge in [-0.25, -0.2) is 27.1 Å². The van der Waals surface area contributed by atoms with Crippen molar-refractivity contribution in [2.75, 3.05) is 32.8 Å². The molecule has 176 valence electrons. The van der Waals surface area contributed by atoms with E-state index < -0.39 is 21.8 Å². The average molecular weight is 478 g/mol. The molecule has 0 bridgehead atoms. The van der Waals surface area contributed by atoms with Crippen LogP contribution in [0, 0.1) is 5.82 Å². The summed E-state index contributed by atoms with van der Waals surface area (Å²) in [6.45, 7) is 3.83. The lowest BCUT2D eigenvalue weighted by molar-refractivity contribution is 0.0528. The Balaban J connectivity index is 1.50. The fraction of sp³-hybridized carbons (Fsp3) is 0.381. The molecule has 1 saturated heterocycles. The second-order valence-corrected chi connectivity index (χ2v) is 9.58. The highest BCUT2D eigenvalue weighted by Gasteiger charge is 2.27. The number of H-pyrrole nitrogens is 1. The fourth-order valence-corrected chi connectivity index (χ4v) is 5.27. The molecular weight excluding hydrogens is 453 g/mol. The van der Waals surface area contributed by atoms with Gasteiger partial charge in [-0.15, -0.1) is 0 Å². The predicted octanol–water partition coefficient (Wildman–Crippen LogP) is 1.24. The molecule has 33 heavy (non-hydrogen) atoms. The molecule has 0 atom stereocenters. The van der Waals surface area contributed by atoms with E-state index in [1.54, 1.807) is 6.92 Å². The summed E-state index contributed by atoms with van der Waals surface area (Å²) >= 11 is 0. The van der Waals surface area contributed by atoms with E-state index in [0.717, 1.165) is 12.1 Å². The van der Waals surface area contributed by atoms with Crippen molar-refractivity contribution in [2.45, 2.75) is 24.8 Å². The Bertz CT molecular complexity index is 1320. The van der Waals surface area contributed by atoms with Crippen LogP contribution in [0.5, 0.6) is 0 Å². The number of fused-ring (bicyclic) bond motifs is 1. The van der Waals surface area contributed by atoms with Gasteiger partial charge in [-0.1, -0.05) is 0 Å². The molecule has 1 aliphatic heterocycles. The standard InChI is InChI=1S/C21H24FN5O5S/c1-2-32-21(29)18-13-23-27-19(28)12-16(24-20(18)27)14-25-8-3-9-26(11-10-25)33(30,31)17-6-4-15(22)5-7-17/h4-7,12-13,23H,2-3,8-11,14H2,1H3. The molecule has 0 radical (unpaired) electrons. The zero-order chi connectivity index (χ0) is 23.6. The Morgan fingerprint density at radius 1 is 1.18 bits per heavy atom. The highest BCUT2D eigenvalue weighted by Crippen LogP contribution is 2.19. The number of nitrogens with one attached hydrogen (secondary N) is 1. The van der Waals surface area contributed by atoms with E-state index in [4.69, 9.17) is 4.74 Å². The van der Waals surface area contributed by atoms with Gasteiger partial charge in [0.1, 0.15) is 11.4 Å². The maximum Gasteiger partial charge on any atom is 0.343 e. The Hall–Kier alpha value is -3.09. The number of carbonyl (C=O) groups excluding carboxylic acids is 1. The van der Waals surface area contributed by atoms with Crippen LogP contribution in [-0.4, -0.2) is 71.0 Å². The summed E-state index contributed by atoms with van der Waals surface area (Å²) in [7, 11) is -3.73. The number of nitrogens with zero attached hydrogens (tertiary/aromatic N) is 4. The second kappa shape index (κ2) is 9.41. The first-order valence-electron chi connectivity index (χ1n) is 10.5. The monoisotopic (exact) mass is 477 g/mol. The first kappa shape index (κ1) is 23.1. The minimum Gasteiger partial charge on any atom is -0.462 e. The molecule has 2 aromatic heterocycles. The van der Waals surface area contributed by atoms with Crippen molar-refractivity contribution in [1.29, 1.82) is 0 Å². The topological polar surface area (TPSA) is 117 Å². The van der Waals surface area contributed by atoms with Gasteiger partial charge in [-0.05, 0) is 44.2 Å². The summed E-state index contributed by atoms with van der Waals surface area (Å²) in [4.78, 5) is 31.2. The van der Waals surface area contributed by atoms with Crippen molar-refractivity contribution < 1.29 is 22.3 Å². The van der Waals surface area contributed by atoms with E-state index >= 15 is 0 Å². The number of ether oxygens (including phenoxy) is 1. The minimum absolute atomic E-state index is 0.0523. The smallest absolute Gasteiger partial charge is 0.343 e. The number of hydrogen-bond donors (Lipinski definition) is 1. The van der Waals surface area contributed by atoms with Crippen LogP contribution in [0.4, 0.5) is 4.39 Å². The molecule has 3 heterocycles. The molecule has 1 fully saturated rings. The van der Waals surface area contributed by atoms with E-state index in [2.05, 4.69) is 10.1 Å². The molecule has 0 spiro atoms. The summed E-state index contributed by atoms with van der Waals surface area (Å²) < 4.78 is 46.6. The van der Waals surface area contributed by atoms with Gasteiger partial charge in [0, 0.05) is 38.4 Å². The third-order valence-corrected chi connectivity index (χ3v) is 7.34. The zero-order valence-corrected chi connectivity index (χ0v) is 18.8. The van der Waals surface area contributed by atoms with Gasteiger partial charge in [0.2, 0.25) is 10.0 Å². The predicted molar refractivity (Wildman–Crippen MR) is 117 cm³/mol. The van der Waals surface area contributed by atoms with Crippen molar-refractivity contribution in [3.8, 4) is 0 Å². The van der Waals surface area contributed by atoms with Crippen LogP contribution in [0.15, 0.2) is 46.2 Å². The Labute approximate surface area is 189 Å². The van der Waals surface area contributed by atoms with Gasteiger partial charge in [0.25, 0.3) is 5.56 Å². The van der Waals surface area contributed by atoms with Gasteiger partial charge in [-0.2, -0.15) is 4.31 Å². The highest BCUT2D eigenvalue weighted by molar-refractivity contribution is 7.89. The lowest BCUT2D eigenvalue weighted by Crippen LogP contribution is -2.35.